The molecule has 0 unspecified atom stereocenters. The molecular formula is C13H12N4O2. The van der Waals surface area contributed by atoms with Crippen molar-refractivity contribution in [3.63, 3.8) is 0 Å². The zero-order valence-corrected chi connectivity index (χ0v) is 10.5. The van der Waals surface area contributed by atoms with Gasteiger partial charge in [-0.05, 0) is 6.07 Å². The Morgan fingerprint density at radius 3 is 2.58 bits per heavy atom. The normalized spacial score (nSPS) is 10.8. The molecule has 2 aromatic heterocycles. The van der Waals surface area contributed by atoms with Crippen LogP contribution in [0.2, 0.25) is 0 Å². The first-order valence-corrected chi connectivity index (χ1v) is 5.66. The van der Waals surface area contributed by atoms with Crippen molar-refractivity contribution in [2.24, 2.45) is 0 Å². The van der Waals surface area contributed by atoms with E-state index in [4.69, 9.17) is 15.2 Å². The molecule has 0 spiro atoms. The molecule has 0 aliphatic heterocycles. The second-order valence-electron chi connectivity index (χ2n) is 4.01. The Bertz CT molecular complexity index is 773. The van der Waals surface area contributed by atoms with Gasteiger partial charge in [-0.2, -0.15) is 0 Å². The van der Waals surface area contributed by atoms with Gasteiger partial charge in [-0.25, -0.2) is 15.0 Å². The van der Waals surface area contributed by atoms with Crippen LogP contribution in [0, 0.1) is 0 Å². The fourth-order valence-corrected chi connectivity index (χ4v) is 2.00. The van der Waals surface area contributed by atoms with E-state index in [-0.39, 0.29) is 0 Å². The molecule has 0 aliphatic carbocycles. The van der Waals surface area contributed by atoms with Gasteiger partial charge in [0.1, 0.15) is 23.6 Å². The summed E-state index contributed by atoms with van der Waals surface area (Å²) in [5, 5.41) is 1.55. The van der Waals surface area contributed by atoms with E-state index in [2.05, 4.69) is 15.0 Å². The lowest BCUT2D eigenvalue weighted by molar-refractivity contribution is 0.398. The standard InChI is InChI=1S/C13H12N4O2/c1-18-7-3-10-8(11(4-7)19-2)5-9-12(14)15-6-16-13(9)17-10/h3-6H,1-2H3,(H2,14,15,16,17). The number of hydrogen-bond donors (Lipinski definition) is 1. The molecule has 1 aromatic carbocycles. The third-order valence-electron chi connectivity index (χ3n) is 2.96. The molecule has 0 saturated heterocycles. The lowest BCUT2D eigenvalue weighted by Crippen LogP contribution is -1.96. The number of pyridine rings is 1. The molecule has 0 amide bonds. The van der Waals surface area contributed by atoms with Crippen LogP contribution in [0.4, 0.5) is 5.82 Å². The van der Waals surface area contributed by atoms with Crippen LogP contribution >= 0.6 is 0 Å². The van der Waals surface area contributed by atoms with Gasteiger partial charge >= 0.3 is 0 Å². The SMILES string of the molecule is COc1cc(OC)c2cc3c(N)ncnc3nc2c1. The largest absolute Gasteiger partial charge is 0.497 e. The Kier molecular flexibility index (Phi) is 2.56. The fourth-order valence-electron chi connectivity index (χ4n) is 2.00. The van der Waals surface area contributed by atoms with Crippen molar-refractivity contribution in [2.45, 2.75) is 0 Å². The molecular weight excluding hydrogens is 244 g/mol. The summed E-state index contributed by atoms with van der Waals surface area (Å²) in [7, 11) is 3.20. The van der Waals surface area contributed by atoms with Gasteiger partial charge < -0.3 is 15.2 Å². The Balaban J connectivity index is 2.44. The van der Waals surface area contributed by atoms with E-state index in [0.717, 1.165) is 10.9 Å². The smallest absolute Gasteiger partial charge is 0.165 e. The summed E-state index contributed by atoms with van der Waals surface area (Å²) in [5.41, 5.74) is 7.13. The number of hydrogen-bond acceptors (Lipinski definition) is 6. The molecule has 0 saturated carbocycles. The predicted molar refractivity (Wildman–Crippen MR) is 72.4 cm³/mol. The van der Waals surface area contributed by atoms with E-state index in [1.807, 2.05) is 12.1 Å². The highest BCUT2D eigenvalue weighted by Gasteiger charge is 2.10. The highest BCUT2D eigenvalue weighted by Crippen LogP contribution is 2.32. The van der Waals surface area contributed by atoms with Crippen LogP contribution in [0.25, 0.3) is 21.9 Å². The second-order valence-corrected chi connectivity index (χ2v) is 4.01. The van der Waals surface area contributed by atoms with Crippen molar-refractivity contribution in [2.75, 3.05) is 20.0 Å². The maximum Gasteiger partial charge on any atom is 0.165 e. The molecule has 0 aliphatic rings. The molecule has 0 radical (unpaired) electrons. The monoisotopic (exact) mass is 256 g/mol. The number of nitrogens with zero attached hydrogens (tertiary/aromatic N) is 3. The first-order chi connectivity index (χ1) is 9.22. The quantitative estimate of drug-likeness (QED) is 0.703. The van der Waals surface area contributed by atoms with Gasteiger partial charge in [0.2, 0.25) is 0 Å². The molecule has 3 rings (SSSR count). The fraction of sp³-hybridized carbons (Fsp3) is 0.154. The first-order valence-electron chi connectivity index (χ1n) is 5.66. The molecule has 3 aromatic rings. The Labute approximate surface area is 109 Å². The summed E-state index contributed by atoms with van der Waals surface area (Å²) in [4.78, 5) is 12.5. The van der Waals surface area contributed by atoms with Crippen LogP contribution in [0.15, 0.2) is 24.5 Å². The van der Waals surface area contributed by atoms with Crippen LogP contribution in [0.5, 0.6) is 11.5 Å². The maximum absolute atomic E-state index is 5.84. The lowest BCUT2D eigenvalue weighted by Gasteiger charge is -2.09. The second kappa shape index (κ2) is 4.24. The molecule has 2 heterocycles. The molecule has 0 bridgehead atoms. The third kappa shape index (κ3) is 1.77. The minimum Gasteiger partial charge on any atom is -0.497 e. The van der Waals surface area contributed by atoms with Gasteiger partial charge in [-0.3, -0.25) is 0 Å². The molecule has 6 heteroatoms. The van der Waals surface area contributed by atoms with Gasteiger partial charge in [0.05, 0.1) is 25.1 Å². The van der Waals surface area contributed by atoms with Crippen molar-refractivity contribution in [3.8, 4) is 11.5 Å². The van der Waals surface area contributed by atoms with E-state index in [1.165, 1.54) is 6.33 Å². The molecule has 2 N–H and O–H groups in total. The molecule has 6 nitrogen and oxygen atoms in total. The topological polar surface area (TPSA) is 83.2 Å². The number of ether oxygens (including phenoxy) is 2. The number of aromatic nitrogens is 3. The average molecular weight is 256 g/mol. The summed E-state index contributed by atoms with van der Waals surface area (Å²) >= 11 is 0. The Hall–Kier alpha value is -2.63. The van der Waals surface area contributed by atoms with Crippen LogP contribution in [-0.2, 0) is 0 Å². The number of anilines is 1. The molecule has 0 fully saturated rings. The molecule has 96 valence electrons. The summed E-state index contributed by atoms with van der Waals surface area (Å²) in [5.74, 6) is 1.75. The first kappa shape index (κ1) is 11.5. The molecule has 19 heavy (non-hydrogen) atoms. The van der Waals surface area contributed by atoms with Gasteiger partial charge in [0.15, 0.2) is 5.65 Å². The van der Waals surface area contributed by atoms with Crippen molar-refractivity contribution in [1.29, 1.82) is 0 Å². The third-order valence-corrected chi connectivity index (χ3v) is 2.96. The van der Waals surface area contributed by atoms with Crippen LogP contribution < -0.4 is 15.2 Å². The summed E-state index contributed by atoms with van der Waals surface area (Å²) < 4.78 is 10.6. The van der Waals surface area contributed by atoms with Gasteiger partial charge in [-0.15, -0.1) is 0 Å². The highest BCUT2D eigenvalue weighted by molar-refractivity contribution is 5.98. The molecule has 0 atom stereocenters. The zero-order valence-electron chi connectivity index (χ0n) is 10.5. The highest BCUT2D eigenvalue weighted by atomic mass is 16.5. The van der Waals surface area contributed by atoms with E-state index in [1.54, 1.807) is 20.3 Å². The van der Waals surface area contributed by atoms with E-state index < -0.39 is 0 Å². The van der Waals surface area contributed by atoms with Crippen LogP contribution in [0.3, 0.4) is 0 Å². The number of methoxy groups -OCH3 is 2. The number of nitrogen functional groups attached to an aromatic ring is 1. The number of fused-ring (bicyclic) bond motifs is 2. The van der Waals surface area contributed by atoms with Crippen molar-refractivity contribution in [1.82, 2.24) is 15.0 Å². The van der Waals surface area contributed by atoms with Crippen molar-refractivity contribution in [3.05, 3.63) is 24.5 Å². The summed E-state index contributed by atoms with van der Waals surface area (Å²) in [6.45, 7) is 0. The zero-order chi connectivity index (χ0) is 13.4. The van der Waals surface area contributed by atoms with Crippen LogP contribution in [0.1, 0.15) is 0 Å². The Morgan fingerprint density at radius 2 is 1.84 bits per heavy atom. The maximum atomic E-state index is 5.84. The van der Waals surface area contributed by atoms with E-state index >= 15 is 0 Å². The summed E-state index contributed by atoms with van der Waals surface area (Å²) in [6, 6.07) is 5.51. The van der Waals surface area contributed by atoms with Crippen LogP contribution in [-0.4, -0.2) is 29.2 Å². The minimum absolute atomic E-state index is 0.400. The van der Waals surface area contributed by atoms with Gasteiger partial charge in [0, 0.05) is 17.5 Å². The minimum atomic E-state index is 0.400. The number of benzene rings is 1. The van der Waals surface area contributed by atoms with Crippen molar-refractivity contribution >= 4 is 27.8 Å². The average Bonchev–Trinajstić information content (AvgIpc) is 2.44. The van der Waals surface area contributed by atoms with E-state index in [0.29, 0.717) is 28.4 Å². The summed E-state index contributed by atoms with van der Waals surface area (Å²) in [6.07, 6.45) is 1.40. The van der Waals surface area contributed by atoms with Crippen molar-refractivity contribution < 1.29 is 9.47 Å². The van der Waals surface area contributed by atoms with Gasteiger partial charge in [0.25, 0.3) is 0 Å². The number of nitrogens with two attached hydrogens (primary N) is 1. The lowest BCUT2D eigenvalue weighted by atomic mass is 10.1. The van der Waals surface area contributed by atoms with E-state index in [9.17, 15) is 0 Å². The Morgan fingerprint density at radius 1 is 1.00 bits per heavy atom. The van der Waals surface area contributed by atoms with Gasteiger partial charge in [-0.1, -0.05) is 0 Å². The predicted octanol–water partition coefficient (Wildman–Crippen LogP) is 1.78. The number of rotatable bonds is 2.